The van der Waals surface area contributed by atoms with Crippen molar-refractivity contribution in [3.8, 4) is 0 Å². The van der Waals surface area contributed by atoms with Crippen molar-refractivity contribution >= 4 is 16.9 Å². The fourth-order valence-corrected chi connectivity index (χ4v) is 2.30. The molecule has 5 nitrogen and oxygen atoms in total. The lowest BCUT2D eigenvalue weighted by molar-refractivity contribution is 0.145. The number of fused-ring (bicyclic) bond motifs is 1. The first-order valence-electron chi connectivity index (χ1n) is 6.16. The Kier molecular flexibility index (Phi) is 2.76. The Bertz CT molecular complexity index is 615. The third-order valence-electron chi connectivity index (χ3n) is 3.36. The number of hydrogen-bond donors (Lipinski definition) is 2. The standard InChI is InChI=1S/C13H15N3O2/c17-9-5-7-16(8-6-9)13-14-11-4-2-1-3-10(11)12(18)15-13/h1-4,9,17H,5-8H2,(H,14,15,18). The van der Waals surface area contributed by atoms with Gasteiger partial charge in [-0.1, -0.05) is 12.1 Å². The summed E-state index contributed by atoms with van der Waals surface area (Å²) in [6, 6.07) is 7.31. The highest BCUT2D eigenvalue weighted by Crippen LogP contribution is 2.16. The van der Waals surface area contributed by atoms with E-state index in [1.54, 1.807) is 6.07 Å². The smallest absolute Gasteiger partial charge is 0.260 e. The minimum absolute atomic E-state index is 0.110. The van der Waals surface area contributed by atoms with E-state index in [1.165, 1.54) is 0 Å². The van der Waals surface area contributed by atoms with Crippen molar-refractivity contribution in [1.29, 1.82) is 0 Å². The minimum atomic E-state index is -0.228. The van der Waals surface area contributed by atoms with Crippen molar-refractivity contribution in [3.63, 3.8) is 0 Å². The first-order valence-corrected chi connectivity index (χ1v) is 6.16. The number of H-pyrrole nitrogens is 1. The highest BCUT2D eigenvalue weighted by molar-refractivity contribution is 5.78. The van der Waals surface area contributed by atoms with Crippen molar-refractivity contribution < 1.29 is 5.11 Å². The summed E-state index contributed by atoms with van der Waals surface area (Å²) in [6.07, 6.45) is 1.21. The van der Waals surface area contributed by atoms with Crippen molar-refractivity contribution in [2.45, 2.75) is 18.9 Å². The Labute approximate surface area is 104 Å². The van der Waals surface area contributed by atoms with E-state index in [4.69, 9.17) is 0 Å². The molecule has 0 atom stereocenters. The summed E-state index contributed by atoms with van der Waals surface area (Å²) < 4.78 is 0. The van der Waals surface area contributed by atoms with Crippen molar-refractivity contribution in [2.24, 2.45) is 0 Å². The van der Waals surface area contributed by atoms with Crippen LogP contribution in [0, 0.1) is 0 Å². The molecule has 1 aliphatic heterocycles. The van der Waals surface area contributed by atoms with Crippen LogP contribution in [0.5, 0.6) is 0 Å². The molecule has 0 aliphatic carbocycles. The molecule has 0 unspecified atom stereocenters. The molecular formula is C13H15N3O2. The maximum Gasteiger partial charge on any atom is 0.260 e. The molecule has 18 heavy (non-hydrogen) atoms. The van der Waals surface area contributed by atoms with Crippen molar-refractivity contribution in [2.75, 3.05) is 18.0 Å². The van der Waals surface area contributed by atoms with Gasteiger partial charge >= 0.3 is 0 Å². The maximum absolute atomic E-state index is 11.9. The summed E-state index contributed by atoms with van der Waals surface area (Å²) in [6.45, 7) is 1.45. The molecule has 1 aromatic heterocycles. The Balaban J connectivity index is 2.00. The van der Waals surface area contributed by atoms with Gasteiger partial charge in [-0.15, -0.1) is 0 Å². The minimum Gasteiger partial charge on any atom is -0.393 e. The average Bonchev–Trinajstić information content (AvgIpc) is 2.39. The van der Waals surface area contributed by atoms with Gasteiger partial charge in [-0.3, -0.25) is 9.78 Å². The number of aromatic nitrogens is 2. The molecule has 5 heteroatoms. The van der Waals surface area contributed by atoms with Crippen LogP contribution in [0.1, 0.15) is 12.8 Å². The van der Waals surface area contributed by atoms with E-state index >= 15 is 0 Å². The number of nitrogens with zero attached hydrogens (tertiary/aromatic N) is 2. The molecule has 0 bridgehead atoms. The number of hydrogen-bond acceptors (Lipinski definition) is 4. The van der Waals surface area contributed by atoms with E-state index in [2.05, 4.69) is 9.97 Å². The number of nitrogens with one attached hydrogen (secondary N) is 1. The predicted octanol–water partition coefficient (Wildman–Crippen LogP) is 0.884. The second kappa shape index (κ2) is 4.42. The van der Waals surface area contributed by atoms with Gasteiger partial charge in [-0.25, -0.2) is 4.98 Å². The van der Waals surface area contributed by atoms with E-state index < -0.39 is 0 Å². The number of para-hydroxylation sites is 1. The zero-order chi connectivity index (χ0) is 12.5. The second-order valence-corrected chi connectivity index (χ2v) is 4.62. The van der Waals surface area contributed by atoms with E-state index in [1.807, 2.05) is 23.1 Å². The second-order valence-electron chi connectivity index (χ2n) is 4.62. The topological polar surface area (TPSA) is 69.2 Å². The molecule has 0 spiro atoms. The number of piperidine rings is 1. The molecule has 2 N–H and O–H groups in total. The van der Waals surface area contributed by atoms with E-state index in [-0.39, 0.29) is 11.7 Å². The largest absolute Gasteiger partial charge is 0.393 e. The van der Waals surface area contributed by atoms with Gasteiger partial charge in [-0.2, -0.15) is 0 Å². The molecule has 0 radical (unpaired) electrons. The number of benzene rings is 1. The lowest BCUT2D eigenvalue weighted by Gasteiger charge is -2.29. The van der Waals surface area contributed by atoms with Crippen LogP contribution < -0.4 is 10.5 Å². The molecular weight excluding hydrogens is 230 g/mol. The Morgan fingerprint density at radius 2 is 2.00 bits per heavy atom. The molecule has 2 aromatic rings. The highest BCUT2D eigenvalue weighted by Gasteiger charge is 2.19. The molecule has 1 saturated heterocycles. The van der Waals surface area contributed by atoms with Gasteiger partial charge in [-0.05, 0) is 25.0 Å². The first-order chi connectivity index (χ1) is 8.74. The van der Waals surface area contributed by atoms with Crippen molar-refractivity contribution in [3.05, 3.63) is 34.6 Å². The number of rotatable bonds is 1. The van der Waals surface area contributed by atoms with E-state index in [0.29, 0.717) is 16.9 Å². The molecule has 2 heterocycles. The van der Waals surface area contributed by atoms with Gasteiger partial charge in [0.2, 0.25) is 5.95 Å². The van der Waals surface area contributed by atoms with Crippen LogP contribution in [0.15, 0.2) is 29.1 Å². The summed E-state index contributed by atoms with van der Waals surface area (Å²) in [5.41, 5.74) is 0.601. The fourth-order valence-electron chi connectivity index (χ4n) is 2.30. The summed E-state index contributed by atoms with van der Waals surface area (Å²) >= 11 is 0. The highest BCUT2D eigenvalue weighted by atomic mass is 16.3. The molecule has 1 fully saturated rings. The van der Waals surface area contributed by atoms with Gasteiger partial charge in [0.05, 0.1) is 17.0 Å². The van der Waals surface area contributed by atoms with Gasteiger partial charge in [0.15, 0.2) is 0 Å². The summed E-state index contributed by atoms with van der Waals surface area (Å²) in [7, 11) is 0. The predicted molar refractivity (Wildman–Crippen MR) is 69.8 cm³/mol. The third-order valence-corrected chi connectivity index (χ3v) is 3.36. The van der Waals surface area contributed by atoms with Crippen molar-refractivity contribution in [1.82, 2.24) is 9.97 Å². The van der Waals surface area contributed by atoms with E-state index in [9.17, 15) is 9.90 Å². The Morgan fingerprint density at radius 1 is 1.28 bits per heavy atom. The normalized spacial score (nSPS) is 17.3. The SMILES string of the molecule is O=c1[nH]c(N2CCC(O)CC2)nc2ccccc12. The number of anilines is 1. The molecule has 0 saturated carbocycles. The zero-order valence-electron chi connectivity index (χ0n) is 9.97. The van der Waals surface area contributed by atoms with Gasteiger partial charge in [0.1, 0.15) is 0 Å². The lowest BCUT2D eigenvalue weighted by Crippen LogP contribution is -2.37. The molecule has 3 rings (SSSR count). The van der Waals surface area contributed by atoms with Gasteiger partial charge < -0.3 is 10.0 Å². The molecule has 94 valence electrons. The lowest BCUT2D eigenvalue weighted by atomic mass is 10.1. The Hall–Kier alpha value is -1.88. The van der Waals surface area contributed by atoms with Crippen LogP contribution in [0.2, 0.25) is 0 Å². The zero-order valence-corrected chi connectivity index (χ0v) is 9.97. The quantitative estimate of drug-likeness (QED) is 0.782. The van der Waals surface area contributed by atoms with E-state index in [0.717, 1.165) is 25.9 Å². The molecule has 1 aliphatic rings. The molecule has 1 aromatic carbocycles. The van der Waals surface area contributed by atoms with Crippen LogP contribution in [0.25, 0.3) is 10.9 Å². The molecule has 0 amide bonds. The first kappa shape index (κ1) is 11.2. The summed E-state index contributed by atoms with van der Waals surface area (Å²) in [5, 5.41) is 10.1. The average molecular weight is 245 g/mol. The van der Waals surface area contributed by atoms with Gasteiger partial charge in [0.25, 0.3) is 5.56 Å². The Morgan fingerprint density at radius 3 is 2.78 bits per heavy atom. The van der Waals surface area contributed by atoms with Crippen LogP contribution in [0.3, 0.4) is 0 Å². The van der Waals surface area contributed by atoms with Crippen LogP contribution in [-0.4, -0.2) is 34.3 Å². The summed E-state index contributed by atoms with van der Waals surface area (Å²) in [5.74, 6) is 0.602. The van der Waals surface area contributed by atoms with Gasteiger partial charge in [0, 0.05) is 13.1 Å². The van der Waals surface area contributed by atoms with Crippen LogP contribution in [-0.2, 0) is 0 Å². The number of aromatic amines is 1. The fraction of sp³-hybridized carbons (Fsp3) is 0.385. The number of aliphatic hydroxyl groups is 1. The summed E-state index contributed by atoms with van der Waals surface area (Å²) in [4.78, 5) is 21.2. The van der Waals surface area contributed by atoms with Crippen LogP contribution >= 0.6 is 0 Å². The van der Waals surface area contributed by atoms with Crippen LogP contribution in [0.4, 0.5) is 5.95 Å². The third kappa shape index (κ3) is 1.97. The monoisotopic (exact) mass is 245 g/mol. The number of aliphatic hydroxyl groups excluding tert-OH is 1. The maximum atomic E-state index is 11.9.